The van der Waals surface area contributed by atoms with Crippen molar-refractivity contribution in [3.8, 4) is 0 Å². The zero-order valence-corrected chi connectivity index (χ0v) is 8.13. The number of fused-ring (bicyclic) bond motifs is 1. The van der Waals surface area contributed by atoms with E-state index in [2.05, 4.69) is 6.92 Å². The molecule has 0 saturated heterocycles. The van der Waals surface area contributed by atoms with Crippen LogP contribution in [0.2, 0.25) is 0 Å². The summed E-state index contributed by atoms with van der Waals surface area (Å²) in [5, 5.41) is 0. The van der Waals surface area contributed by atoms with Gasteiger partial charge in [0, 0.05) is 6.04 Å². The van der Waals surface area contributed by atoms with Crippen molar-refractivity contribution >= 4 is 0 Å². The van der Waals surface area contributed by atoms with Gasteiger partial charge in [0.1, 0.15) is 0 Å². The Morgan fingerprint density at radius 3 is 2.92 bits per heavy atom. The minimum Gasteiger partial charge on any atom is -0.328 e. The molecule has 0 radical (unpaired) electrons. The minimum absolute atomic E-state index is 0.483. The third-order valence-corrected chi connectivity index (χ3v) is 4.06. The quantitative estimate of drug-likeness (QED) is 0.687. The van der Waals surface area contributed by atoms with Crippen molar-refractivity contribution in [2.45, 2.75) is 51.5 Å². The van der Waals surface area contributed by atoms with Crippen molar-refractivity contribution in [3.63, 3.8) is 0 Å². The summed E-state index contributed by atoms with van der Waals surface area (Å²) >= 11 is 0. The molecule has 0 aromatic heterocycles. The fourth-order valence-corrected chi connectivity index (χ4v) is 3.17. The van der Waals surface area contributed by atoms with Gasteiger partial charge in [-0.3, -0.25) is 0 Å². The second kappa shape index (κ2) is 3.37. The molecule has 2 saturated carbocycles. The second-order valence-electron chi connectivity index (χ2n) is 4.75. The van der Waals surface area contributed by atoms with Gasteiger partial charge in [-0.2, -0.15) is 0 Å². The molecule has 0 aromatic carbocycles. The highest BCUT2D eigenvalue weighted by molar-refractivity contribution is 4.94. The maximum atomic E-state index is 5.97. The van der Waals surface area contributed by atoms with E-state index in [9.17, 15) is 0 Å². The Labute approximate surface area is 75.7 Å². The van der Waals surface area contributed by atoms with Crippen molar-refractivity contribution in [2.24, 2.45) is 23.5 Å². The van der Waals surface area contributed by atoms with Crippen LogP contribution >= 0.6 is 0 Å². The number of hydrogen-bond donors (Lipinski definition) is 1. The highest BCUT2D eigenvalue weighted by Gasteiger charge is 2.43. The first-order chi connectivity index (χ1) is 5.81. The van der Waals surface area contributed by atoms with Gasteiger partial charge in [0.25, 0.3) is 0 Å². The Morgan fingerprint density at radius 2 is 2.25 bits per heavy atom. The van der Waals surface area contributed by atoms with E-state index in [1.54, 1.807) is 0 Å². The van der Waals surface area contributed by atoms with Gasteiger partial charge >= 0.3 is 0 Å². The Bertz CT molecular complexity index is 155. The molecule has 0 aromatic rings. The Kier molecular flexibility index (Phi) is 2.40. The molecule has 2 aliphatic carbocycles. The van der Waals surface area contributed by atoms with Gasteiger partial charge in [0.2, 0.25) is 0 Å². The van der Waals surface area contributed by atoms with Crippen molar-refractivity contribution in [3.05, 3.63) is 0 Å². The molecule has 2 fully saturated rings. The number of rotatable bonds is 3. The van der Waals surface area contributed by atoms with Gasteiger partial charge in [-0.05, 0) is 43.4 Å². The lowest BCUT2D eigenvalue weighted by molar-refractivity contribution is 0.0880. The van der Waals surface area contributed by atoms with Crippen LogP contribution in [0.15, 0.2) is 0 Å². The van der Waals surface area contributed by atoms with Crippen molar-refractivity contribution in [1.82, 2.24) is 0 Å². The molecule has 1 nitrogen and oxygen atoms in total. The van der Waals surface area contributed by atoms with Gasteiger partial charge in [-0.15, -0.1) is 0 Å². The zero-order chi connectivity index (χ0) is 8.55. The fraction of sp³-hybridized carbons (Fsp3) is 1.00. The lowest BCUT2D eigenvalue weighted by atomic mass is 9.64. The van der Waals surface area contributed by atoms with Gasteiger partial charge in [0.05, 0.1) is 0 Å². The van der Waals surface area contributed by atoms with Crippen LogP contribution in [0, 0.1) is 17.8 Å². The highest BCUT2D eigenvalue weighted by atomic mass is 14.6. The monoisotopic (exact) mass is 167 g/mol. The third kappa shape index (κ3) is 1.39. The van der Waals surface area contributed by atoms with Gasteiger partial charge < -0.3 is 5.73 Å². The predicted molar refractivity (Wildman–Crippen MR) is 51.8 cm³/mol. The fourth-order valence-electron chi connectivity index (χ4n) is 3.17. The minimum atomic E-state index is 0.483. The van der Waals surface area contributed by atoms with Gasteiger partial charge in [0.15, 0.2) is 0 Å². The Morgan fingerprint density at radius 1 is 1.42 bits per heavy atom. The van der Waals surface area contributed by atoms with E-state index in [0.29, 0.717) is 6.04 Å². The van der Waals surface area contributed by atoms with Crippen LogP contribution in [0.3, 0.4) is 0 Å². The summed E-state index contributed by atoms with van der Waals surface area (Å²) in [6.07, 6.45) is 8.48. The van der Waals surface area contributed by atoms with E-state index in [0.717, 1.165) is 24.2 Å². The van der Waals surface area contributed by atoms with Crippen LogP contribution < -0.4 is 5.73 Å². The van der Waals surface area contributed by atoms with Crippen LogP contribution in [-0.4, -0.2) is 6.04 Å². The van der Waals surface area contributed by atoms with E-state index in [-0.39, 0.29) is 0 Å². The average molecular weight is 167 g/mol. The Hall–Kier alpha value is -0.0400. The molecule has 0 bridgehead atoms. The second-order valence-corrected chi connectivity index (χ2v) is 4.75. The van der Waals surface area contributed by atoms with Crippen molar-refractivity contribution < 1.29 is 0 Å². The number of hydrogen-bond acceptors (Lipinski definition) is 1. The molecule has 2 unspecified atom stereocenters. The van der Waals surface area contributed by atoms with E-state index < -0.39 is 0 Å². The molecular weight excluding hydrogens is 146 g/mol. The first-order valence-corrected chi connectivity index (χ1v) is 5.56. The first-order valence-electron chi connectivity index (χ1n) is 5.56. The van der Waals surface area contributed by atoms with Crippen LogP contribution in [0.25, 0.3) is 0 Å². The van der Waals surface area contributed by atoms with E-state index >= 15 is 0 Å². The van der Waals surface area contributed by atoms with Crippen LogP contribution in [0.1, 0.15) is 45.4 Å². The van der Waals surface area contributed by atoms with E-state index in [1.165, 1.54) is 32.1 Å². The summed E-state index contributed by atoms with van der Waals surface area (Å²) in [6, 6.07) is 0.483. The van der Waals surface area contributed by atoms with E-state index in [1.807, 2.05) is 0 Å². The largest absolute Gasteiger partial charge is 0.328 e. The molecule has 2 aliphatic rings. The number of nitrogens with two attached hydrogens (primary N) is 1. The maximum absolute atomic E-state index is 5.97. The predicted octanol–water partition coefficient (Wildman–Crippen LogP) is 2.55. The topological polar surface area (TPSA) is 26.0 Å². The molecule has 4 atom stereocenters. The maximum Gasteiger partial charge on any atom is 0.00389 e. The van der Waals surface area contributed by atoms with Crippen LogP contribution in [-0.2, 0) is 0 Å². The summed E-state index contributed by atoms with van der Waals surface area (Å²) in [6.45, 7) is 2.20. The van der Waals surface area contributed by atoms with Crippen LogP contribution in [0.4, 0.5) is 0 Å². The molecule has 12 heavy (non-hydrogen) atoms. The van der Waals surface area contributed by atoms with Crippen molar-refractivity contribution in [1.29, 1.82) is 0 Å². The first kappa shape index (κ1) is 8.55. The molecule has 70 valence electrons. The lowest BCUT2D eigenvalue weighted by Gasteiger charge is -2.41. The molecular formula is C11H21N. The van der Waals surface area contributed by atoms with Gasteiger partial charge in [-0.1, -0.05) is 19.8 Å². The summed E-state index contributed by atoms with van der Waals surface area (Å²) in [5.41, 5.74) is 5.97. The SMILES string of the molecule is CC[C@@H](N)C[C@H]1CC2CCCC21. The standard InChI is InChI=1S/C11H21N/c1-2-10(12)7-9-6-8-4-3-5-11(8)9/h8-11H,2-7,12H2,1H3/t8?,9-,10-,11?/m1/s1. The van der Waals surface area contributed by atoms with Gasteiger partial charge in [-0.25, -0.2) is 0 Å². The molecule has 0 aliphatic heterocycles. The third-order valence-electron chi connectivity index (χ3n) is 4.06. The molecule has 0 heterocycles. The molecule has 1 heteroatoms. The highest BCUT2D eigenvalue weighted by Crippen LogP contribution is 2.52. The average Bonchev–Trinajstić information content (AvgIpc) is 2.42. The molecule has 2 rings (SSSR count). The summed E-state index contributed by atoms with van der Waals surface area (Å²) in [7, 11) is 0. The summed E-state index contributed by atoms with van der Waals surface area (Å²) in [4.78, 5) is 0. The summed E-state index contributed by atoms with van der Waals surface area (Å²) < 4.78 is 0. The lowest BCUT2D eigenvalue weighted by Crippen LogP contribution is -2.37. The van der Waals surface area contributed by atoms with Crippen LogP contribution in [0.5, 0.6) is 0 Å². The normalized spacial score (nSPS) is 42.0. The molecule has 0 amide bonds. The molecule has 2 N–H and O–H groups in total. The zero-order valence-electron chi connectivity index (χ0n) is 8.13. The van der Waals surface area contributed by atoms with Crippen molar-refractivity contribution in [2.75, 3.05) is 0 Å². The smallest absolute Gasteiger partial charge is 0.00389 e. The Balaban J connectivity index is 1.77. The van der Waals surface area contributed by atoms with E-state index in [4.69, 9.17) is 5.73 Å². The molecule has 0 spiro atoms. The summed E-state index contributed by atoms with van der Waals surface area (Å²) in [5.74, 6) is 3.20.